The number of carbonyl (C=O) groups is 1. The van der Waals surface area contributed by atoms with E-state index in [0.717, 1.165) is 11.8 Å². The third-order valence-corrected chi connectivity index (χ3v) is 3.30. The molecule has 86 valence electrons. The number of rotatable bonds is 2. The van der Waals surface area contributed by atoms with E-state index in [1.54, 1.807) is 14.1 Å². The third-order valence-electron chi connectivity index (χ3n) is 1.70. The van der Waals surface area contributed by atoms with Gasteiger partial charge in [0.2, 0.25) is 0 Å². The molecule has 0 unspecified atom stereocenters. The van der Waals surface area contributed by atoms with E-state index < -0.39 is 4.92 Å². The maximum absolute atomic E-state index is 11.4. The van der Waals surface area contributed by atoms with E-state index in [2.05, 4.69) is 0 Å². The normalized spacial score (nSPS) is 9.94. The lowest BCUT2D eigenvalue weighted by molar-refractivity contribution is -0.387. The zero-order valence-corrected chi connectivity index (χ0v) is 10.2. The molecule has 1 aromatic carbocycles. The molecule has 1 amide bonds. The monoisotopic (exact) mass is 260 g/mol. The van der Waals surface area contributed by atoms with Crippen LogP contribution in [-0.4, -0.2) is 29.2 Å². The van der Waals surface area contributed by atoms with Crippen LogP contribution in [0.5, 0.6) is 0 Å². The Morgan fingerprint density at radius 1 is 1.50 bits per heavy atom. The molecule has 0 aromatic heterocycles. The SMILES string of the molecule is CN(C)C(=O)Sc1c(Cl)cccc1[N+](=O)[O-]. The molecule has 0 saturated heterocycles. The fourth-order valence-electron chi connectivity index (χ4n) is 0.921. The highest BCUT2D eigenvalue weighted by Crippen LogP contribution is 2.36. The van der Waals surface area contributed by atoms with E-state index in [-0.39, 0.29) is 20.8 Å². The Morgan fingerprint density at radius 2 is 2.12 bits per heavy atom. The molecule has 0 aliphatic rings. The lowest BCUT2D eigenvalue weighted by Gasteiger charge is -2.09. The third kappa shape index (κ3) is 2.86. The minimum atomic E-state index is -0.558. The predicted octanol–water partition coefficient (Wildman–Crippen LogP) is 3.02. The van der Waals surface area contributed by atoms with Crippen LogP contribution >= 0.6 is 23.4 Å². The van der Waals surface area contributed by atoms with Crippen molar-refractivity contribution in [2.45, 2.75) is 4.90 Å². The van der Waals surface area contributed by atoms with Gasteiger partial charge >= 0.3 is 0 Å². The number of nitro groups is 1. The van der Waals surface area contributed by atoms with Crippen LogP contribution in [0.1, 0.15) is 0 Å². The molecule has 1 aromatic rings. The Balaban J connectivity index is 3.11. The van der Waals surface area contributed by atoms with Crippen molar-refractivity contribution in [1.29, 1.82) is 0 Å². The maximum atomic E-state index is 11.4. The van der Waals surface area contributed by atoms with Crippen LogP contribution in [0.3, 0.4) is 0 Å². The molecule has 0 heterocycles. The van der Waals surface area contributed by atoms with Gasteiger partial charge in [0.05, 0.1) is 9.95 Å². The average Bonchev–Trinajstić information content (AvgIpc) is 2.20. The van der Waals surface area contributed by atoms with Crippen molar-refractivity contribution in [3.63, 3.8) is 0 Å². The van der Waals surface area contributed by atoms with Gasteiger partial charge in [-0.3, -0.25) is 14.9 Å². The summed E-state index contributed by atoms with van der Waals surface area (Å²) in [5.41, 5.74) is -0.160. The standard InChI is InChI=1S/C9H9ClN2O3S/c1-11(2)9(13)16-8-6(10)4-3-5-7(8)12(14)15/h3-5H,1-2H3. The minimum absolute atomic E-state index is 0.160. The first-order chi connectivity index (χ1) is 7.43. The topological polar surface area (TPSA) is 63.5 Å². The van der Waals surface area contributed by atoms with Gasteiger partial charge in [0.25, 0.3) is 10.9 Å². The summed E-state index contributed by atoms with van der Waals surface area (Å²) in [5, 5.41) is 10.6. The molecular formula is C9H9ClN2O3S. The Bertz CT molecular complexity index is 437. The number of nitro benzene ring substituents is 1. The van der Waals surface area contributed by atoms with Gasteiger partial charge in [0, 0.05) is 20.2 Å². The number of benzene rings is 1. The summed E-state index contributed by atoms with van der Waals surface area (Å²) in [6, 6.07) is 4.31. The van der Waals surface area contributed by atoms with E-state index in [9.17, 15) is 14.9 Å². The van der Waals surface area contributed by atoms with E-state index in [1.807, 2.05) is 0 Å². The van der Waals surface area contributed by atoms with Crippen LogP contribution in [0, 0.1) is 10.1 Å². The summed E-state index contributed by atoms with van der Waals surface area (Å²) >= 11 is 6.57. The molecule has 0 atom stereocenters. The highest BCUT2D eigenvalue weighted by molar-refractivity contribution is 8.13. The van der Waals surface area contributed by atoms with Crippen molar-refractivity contribution in [3.05, 3.63) is 33.3 Å². The number of hydrogen-bond acceptors (Lipinski definition) is 4. The molecule has 0 bridgehead atoms. The highest BCUT2D eigenvalue weighted by Gasteiger charge is 2.20. The van der Waals surface area contributed by atoms with Crippen molar-refractivity contribution < 1.29 is 9.72 Å². The van der Waals surface area contributed by atoms with Crippen LogP contribution in [-0.2, 0) is 0 Å². The Hall–Kier alpha value is -1.27. The molecule has 0 aliphatic carbocycles. The van der Waals surface area contributed by atoms with Crippen LogP contribution < -0.4 is 0 Å². The number of carbonyl (C=O) groups excluding carboxylic acids is 1. The lowest BCUT2D eigenvalue weighted by Crippen LogP contribution is -2.16. The molecule has 0 N–H and O–H groups in total. The summed E-state index contributed by atoms with van der Waals surface area (Å²) in [7, 11) is 3.13. The summed E-state index contributed by atoms with van der Waals surface area (Å²) in [4.78, 5) is 23.1. The van der Waals surface area contributed by atoms with Crippen LogP contribution in [0.2, 0.25) is 5.02 Å². The first-order valence-corrected chi connectivity index (χ1v) is 5.45. The van der Waals surface area contributed by atoms with Gasteiger partial charge in [0.15, 0.2) is 0 Å². The Labute approximate surface area is 102 Å². The van der Waals surface area contributed by atoms with Gasteiger partial charge in [-0.15, -0.1) is 0 Å². The fraction of sp³-hybridized carbons (Fsp3) is 0.222. The van der Waals surface area contributed by atoms with Gasteiger partial charge < -0.3 is 4.90 Å². The van der Waals surface area contributed by atoms with Crippen LogP contribution in [0.15, 0.2) is 23.1 Å². The second kappa shape index (κ2) is 5.18. The molecule has 0 radical (unpaired) electrons. The number of nitrogens with zero attached hydrogens (tertiary/aromatic N) is 2. The zero-order chi connectivity index (χ0) is 12.3. The predicted molar refractivity (Wildman–Crippen MR) is 63.0 cm³/mol. The van der Waals surface area contributed by atoms with Gasteiger partial charge in [-0.25, -0.2) is 0 Å². The zero-order valence-electron chi connectivity index (χ0n) is 8.64. The van der Waals surface area contributed by atoms with Crippen molar-refractivity contribution in [2.24, 2.45) is 0 Å². The largest absolute Gasteiger partial charge is 0.339 e. The molecule has 0 aliphatic heterocycles. The summed E-state index contributed by atoms with van der Waals surface area (Å²) in [6.07, 6.45) is 0. The molecule has 7 heteroatoms. The quantitative estimate of drug-likeness (QED) is 0.466. The number of thioether (sulfide) groups is 1. The molecule has 1 rings (SSSR count). The summed E-state index contributed by atoms with van der Waals surface area (Å²) < 4.78 is 0. The Kier molecular flexibility index (Phi) is 4.14. The maximum Gasteiger partial charge on any atom is 0.286 e. The Morgan fingerprint density at radius 3 is 2.62 bits per heavy atom. The number of halogens is 1. The first kappa shape index (κ1) is 12.8. The molecule has 0 saturated carbocycles. The van der Waals surface area contributed by atoms with Crippen molar-refractivity contribution in [1.82, 2.24) is 4.90 Å². The van der Waals surface area contributed by atoms with Gasteiger partial charge in [-0.1, -0.05) is 17.7 Å². The number of hydrogen-bond donors (Lipinski definition) is 0. The second-order valence-corrected chi connectivity index (χ2v) is 4.48. The summed E-state index contributed by atoms with van der Waals surface area (Å²) in [6.45, 7) is 0. The lowest BCUT2D eigenvalue weighted by atomic mass is 10.3. The van der Waals surface area contributed by atoms with E-state index in [0.29, 0.717) is 0 Å². The molecule has 0 spiro atoms. The van der Waals surface area contributed by atoms with Crippen LogP contribution in [0.4, 0.5) is 10.5 Å². The molecular weight excluding hydrogens is 252 g/mol. The van der Waals surface area contributed by atoms with E-state index in [4.69, 9.17) is 11.6 Å². The fourth-order valence-corrected chi connectivity index (χ4v) is 1.98. The van der Waals surface area contributed by atoms with Crippen molar-refractivity contribution in [2.75, 3.05) is 14.1 Å². The van der Waals surface area contributed by atoms with E-state index in [1.165, 1.54) is 23.1 Å². The minimum Gasteiger partial charge on any atom is -0.339 e. The second-order valence-electron chi connectivity index (χ2n) is 3.11. The van der Waals surface area contributed by atoms with Crippen LogP contribution in [0.25, 0.3) is 0 Å². The smallest absolute Gasteiger partial charge is 0.286 e. The van der Waals surface area contributed by atoms with Crippen molar-refractivity contribution >= 4 is 34.3 Å². The average molecular weight is 261 g/mol. The first-order valence-electron chi connectivity index (χ1n) is 4.25. The molecule has 5 nitrogen and oxygen atoms in total. The molecule has 0 fully saturated rings. The highest BCUT2D eigenvalue weighted by atomic mass is 35.5. The number of amides is 1. The van der Waals surface area contributed by atoms with Gasteiger partial charge in [0.1, 0.15) is 4.90 Å². The van der Waals surface area contributed by atoms with Crippen molar-refractivity contribution in [3.8, 4) is 0 Å². The van der Waals surface area contributed by atoms with E-state index >= 15 is 0 Å². The molecule has 16 heavy (non-hydrogen) atoms. The summed E-state index contributed by atoms with van der Waals surface area (Å²) in [5.74, 6) is 0. The van der Waals surface area contributed by atoms with Gasteiger partial charge in [-0.2, -0.15) is 0 Å². The van der Waals surface area contributed by atoms with Gasteiger partial charge in [-0.05, 0) is 17.8 Å².